The van der Waals surface area contributed by atoms with E-state index in [0.29, 0.717) is 33.4 Å². The number of rotatable bonds is 6. The number of fused-ring (bicyclic) bond motifs is 1. The summed E-state index contributed by atoms with van der Waals surface area (Å²) in [6.45, 7) is 0.329. The number of carbonyl (C=O) groups is 2. The van der Waals surface area contributed by atoms with Crippen LogP contribution in [-0.2, 0) is 24.3 Å². The average Bonchev–Trinajstić information content (AvgIpc) is 2.82. The summed E-state index contributed by atoms with van der Waals surface area (Å²) in [4.78, 5) is 25.8. The number of amides is 1. The van der Waals surface area contributed by atoms with Crippen molar-refractivity contribution in [3.63, 3.8) is 0 Å². The van der Waals surface area contributed by atoms with E-state index in [1.807, 2.05) is 24.3 Å². The second kappa shape index (κ2) is 10.1. The fraction of sp³-hybridized carbons (Fsp3) is 0.167. The van der Waals surface area contributed by atoms with Crippen molar-refractivity contribution < 1.29 is 18.9 Å². The molecule has 0 spiro atoms. The summed E-state index contributed by atoms with van der Waals surface area (Å²) >= 11 is 10.4. The van der Waals surface area contributed by atoms with Gasteiger partial charge in [0.05, 0.1) is 39.8 Å². The van der Waals surface area contributed by atoms with E-state index in [-0.39, 0.29) is 18.1 Å². The minimum atomic E-state index is -1.62. The lowest BCUT2D eigenvalue weighted by Crippen LogP contribution is -2.41. The highest BCUT2D eigenvalue weighted by molar-refractivity contribution is 7.94. The van der Waals surface area contributed by atoms with Gasteiger partial charge in [0, 0.05) is 18.5 Å². The van der Waals surface area contributed by atoms with E-state index in [1.165, 1.54) is 6.07 Å². The van der Waals surface area contributed by atoms with Crippen molar-refractivity contribution in [2.45, 2.75) is 18.2 Å². The fourth-order valence-electron chi connectivity index (χ4n) is 3.51. The van der Waals surface area contributed by atoms with Crippen LogP contribution in [0.25, 0.3) is 0 Å². The number of ketones is 1. The van der Waals surface area contributed by atoms with Crippen LogP contribution in [0.3, 0.4) is 0 Å². The van der Waals surface area contributed by atoms with Crippen LogP contribution in [0, 0.1) is 0 Å². The predicted molar refractivity (Wildman–Crippen MR) is 131 cm³/mol. The van der Waals surface area contributed by atoms with Crippen LogP contribution < -0.4 is 14.8 Å². The van der Waals surface area contributed by atoms with Gasteiger partial charge in [-0.05, 0) is 53.6 Å². The van der Waals surface area contributed by atoms with E-state index in [4.69, 9.17) is 27.9 Å². The molecule has 0 saturated heterocycles. The van der Waals surface area contributed by atoms with Crippen LogP contribution >= 0.6 is 23.2 Å². The number of carbonyl (C=O) groups excluding carboxylic acids is 2. The van der Waals surface area contributed by atoms with Gasteiger partial charge in [0.2, 0.25) is 11.0 Å². The molecule has 0 fully saturated rings. The first kappa shape index (κ1) is 23.4. The van der Waals surface area contributed by atoms with E-state index in [9.17, 15) is 14.1 Å². The first-order valence-corrected chi connectivity index (χ1v) is 12.0. The van der Waals surface area contributed by atoms with Crippen LogP contribution in [0.1, 0.15) is 31.8 Å². The zero-order valence-corrected chi connectivity index (χ0v) is 19.9. The van der Waals surface area contributed by atoms with E-state index in [2.05, 4.69) is 10.0 Å². The Kier molecular flexibility index (Phi) is 7.14. The van der Waals surface area contributed by atoms with Crippen LogP contribution in [-0.4, -0.2) is 28.6 Å². The van der Waals surface area contributed by atoms with Gasteiger partial charge in [-0.2, -0.15) is 0 Å². The zero-order chi connectivity index (χ0) is 23.5. The Morgan fingerprint density at radius 1 is 1.06 bits per heavy atom. The second-order valence-corrected chi connectivity index (χ2v) is 9.68. The first-order valence-electron chi connectivity index (χ1n) is 10.1. The highest BCUT2D eigenvalue weighted by Gasteiger charge is 2.39. The average molecular weight is 503 g/mol. The molecule has 6 nitrogen and oxygen atoms in total. The second-order valence-electron chi connectivity index (χ2n) is 7.50. The number of halogens is 2. The van der Waals surface area contributed by atoms with Crippen LogP contribution in [0.5, 0.6) is 5.75 Å². The van der Waals surface area contributed by atoms with Gasteiger partial charge in [0.15, 0.2) is 0 Å². The molecule has 1 amide bonds. The van der Waals surface area contributed by atoms with E-state index in [1.54, 1.807) is 37.4 Å². The largest absolute Gasteiger partial charge is 0.592 e. The van der Waals surface area contributed by atoms with Gasteiger partial charge in [-0.15, -0.1) is 0 Å². The molecular formula is C24H20Cl2N2O4S. The Morgan fingerprint density at radius 2 is 1.79 bits per heavy atom. The molecule has 0 saturated carbocycles. The number of benzene rings is 3. The molecule has 3 aromatic rings. The molecule has 1 aliphatic heterocycles. The van der Waals surface area contributed by atoms with Gasteiger partial charge in [-0.1, -0.05) is 41.4 Å². The molecule has 3 aromatic carbocycles. The summed E-state index contributed by atoms with van der Waals surface area (Å²) in [6.07, 6.45) is 0.225. The van der Waals surface area contributed by atoms with Crippen LogP contribution in [0.4, 0.5) is 5.69 Å². The minimum Gasteiger partial charge on any atom is -0.592 e. The molecule has 1 heterocycles. The van der Waals surface area contributed by atoms with Crippen molar-refractivity contribution in [1.82, 2.24) is 5.32 Å². The van der Waals surface area contributed by atoms with Gasteiger partial charge in [-0.25, -0.2) is 4.72 Å². The van der Waals surface area contributed by atoms with Crippen LogP contribution in [0.15, 0.2) is 60.7 Å². The van der Waals surface area contributed by atoms with E-state index >= 15 is 0 Å². The highest BCUT2D eigenvalue weighted by atomic mass is 35.5. The number of ether oxygens (including phenoxy) is 1. The molecule has 2 unspecified atom stereocenters. The van der Waals surface area contributed by atoms with Crippen molar-refractivity contribution in [3.8, 4) is 5.75 Å². The molecule has 33 heavy (non-hydrogen) atoms. The zero-order valence-electron chi connectivity index (χ0n) is 17.6. The molecule has 9 heteroatoms. The SMILES string of the molecule is COc1ccc(CNC(=O)c2ccc3c(c2)C(=O)C(Cc2ccc(Cl)c(Cl)c2)[S+]([O-])N3)cc1. The van der Waals surface area contributed by atoms with Gasteiger partial charge >= 0.3 is 0 Å². The Bertz CT molecular complexity index is 1200. The Labute approximate surface area is 204 Å². The maximum absolute atomic E-state index is 13.2. The third-order valence-electron chi connectivity index (χ3n) is 5.33. The van der Waals surface area contributed by atoms with Crippen molar-refractivity contribution in [1.29, 1.82) is 0 Å². The van der Waals surface area contributed by atoms with E-state index in [0.717, 1.165) is 16.9 Å². The summed E-state index contributed by atoms with van der Waals surface area (Å²) in [5.41, 5.74) is 2.78. The third kappa shape index (κ3) is 5.28. The topological polar surface area (TPSA) is 90.5 Å². The molecule has 0 radical (unpaired) electrons. The number of methoxy groups -OCH3 is 1. The van der Waals surface area contributed by atoms with Gasteiger partial charge < -0.3 is 14.6 Å². The molecule has 0 bridgehead atoms. The summed E-state index contributed by atoms with van der Waals surface area (Å²) < 4.78 is 20.7. The van der Waals surface area contributed by atoms with Gasteiger partial charge in [0.25, 0.3) is 5.91 Å². The lowest BCUT2D eigenvalue weighted by molar-refractivity contribution is 0.0951. The van der Waals surface area contributed by atoms with Crippen LogP contribution in [0.2, 0.25) is 10.0 Å². The van der Waals surface area contributed by atoms with Crippen molar-refractivity contribution >= 4 is 51.9 Å². The number of hydrogen-bond donors (Lipinski definition) is 2. The highest BCUT2D eigenvalue weighted by Crippen LogP contribution is 2.31. The summed E-state index contributed by atoms with van der Waals surface area (Å²) in [7, 11) is 1.59. The number of nitrogens with one attached hydrogen (secondary N) is 2. The molecule has 170 valence electrons. The minimum absolute atomic E-state index is 0.225. The summed E-state index contributed by atoms with van der Waals surface area (Å²) in [6, 6.07) is 17.1. The molecule has 0 aliphatic carbocycles. The molecular weight excluding hydrogens is 483 g/mol. The number of Topliss-reactive ketones (excluding diaryl/α,β-unsaturated/α-hetero) is 1. The Morgan fingerprint density at radius 3 is 2.48 bits per heavy atom. The van der Waals surface area contributed by atoms with Crippen molar-refractivity contribution in [2.24, 2.45) is 0 Å². The number of hydrogen-bond acceptors (Lipinski definition) is 5. The quantitative estimate of drug-likeness (QED) is 0.471. The van der Waals surface area contributed by atoms with Crippen molar-refractivity contribution in [3.05, 3.63) is 93.0 Å². The van der Waals surface area contributed by atoms with Gasteiger partial charge in [-0.3, -0.25) is 9.59 Å². The summed E-state index contributed by atoms with van der Waals surface area (Å²) in [5.74, 6) is 0.130. The molecule has 4 rings (SSSR count). The maximum atomic E-state index is 13.2. The monoisotopic (exact) mass is 502 g/mol. The molecule has 2 atom stereocenters. The summed E-state index contributed by atoms with van der Waals surface area (Å²) in [5, 5.41) is 2.81. The number of anilines is 1. The standard InChI is InChI=1S/C24H20Cl2N2O4S/c1-32-17-6-2-14(3-7-17)13-27-24(30)16-5-9-21-18(12-16)23(29)22(33(31)28-21)11-15-4-8-19(25)20(26)10-15/h2-10,12,22,28H,11,13H2,1H3,(H,27,30). The smallest absolute Gasteiger partial charge is 0.251 e. The predicted octanol–water partition coefficient (Wildman–Crippen LogP) is 4.82. The maximum Gasteiger partial charge on any atom is 0.251 e. The lowest BCUT2D eigenvalue weighted by atomic mass is 9.98. The normalized spacial score (nSPS) is 17.2. The molecule has 2 N–H and O–H groups in total. The van der Waals surface area contributed by atoms with Crippen molar-refractivity contribution in [2.75, 3.05) is 11.8 Å². The molecule has 1 aliphatic rings. The third-order valence-corrected chi connectivity index (χ3v) is 7.38. The Hall–Kier alpha value is -2.71. The van der Waals surface area contributed by atoms with Gasteiger partial charge in [0.1, 0.15) is 5.75 Å². The Balaban J connectivity index is 1.49. The fourth-order valence-corrected chi connectivity index (χ4v) is 5.03. The lowest BCUT2D eigenvalue weighted by Gasteiger charge is -2.27. The molecule has 0 aromatic heterocycles. The van der Waals surface area contributed by atoms with E-state index < -0.39 is 16.6 Å². The first-order chi connectivity index (χ1) is 15.9.